The van der Waals surface area contributed by atoms with Crippen molar-refractivity contribution in [3.63, 3.8) is 0 Å². The maximum Gasteiger partial charge on any atom is 0.407 e. The molecule has 1 saturated carbocycles. The van der Waals surface area contributed by atoms with Crippen LogP contribution in [0.25, 0.3) is 4.85 Å². The van der Waals surface area contributed by atoms with Crippen molar-refractivity contribution in [1.82, 2.24) is 4.90 Å². The fourth-order valence-electron chi connectivity index (χ4n) is 3.05. The molecule has 1 amide bonds. The highest BCUT2D eigenvalue weighted by molar-refractivity contribution is 7.80. The molecule has 1 aromatic carbocycles. The summed E-state index contributed by atoms with van der Waals surface area (Å²) in [5.74, 6) is -0.292. The van der Waals surface area contributed by atoms with E-state index in [1.165, 1.54) is 6.07 Å². The summed E-state index contributed by atoms with van der Waals surface area (Å²) < 4.78 is 39.3. The van der Waals surface area contributed by atoms with Gasteiger partial charge in [0.25, 0.3) is 5.91 Å². The van der Waals surface area contributed by atoms with Crippen molar-refractivity contribution >= 4 is 34.6 Å². The summed E-state index contributed by atoms with van der Waals surface area (Å²) in [6.45, 7) is 6.87. The van der Waals surface area contributed by atoms with Crippen LogP contribution in [0.2, 0.25) is 0 Å². The average Bonchev–Trinajstić information content (AvgIpc) is 2.64. The third kappa shape index (κ3) is 2.10. The Morgan fingerprint density at radius 3 is 2.43 bits per heavy atom. The number of anilines is 1. The van der Waals surface area contributed by atoms with Crippen LogP contribution in [0.4, 0.5) is 24.5 Å². The van der Waals surface area contributed by atoms with E-state index >= 15 is 0 Å². The van der Waals surface area contributed by atoms with Gasteiger partial charge < -0.3 is 4.90 Å². The minimum absolute atomic E-state index is 0.0513. The van der Waals surface area contributed by atoms with E-state index in [9.17, 15) is 18.0 Å². The van der Waals surface area contributed by atoms with E-state index in [1.807, 2.05) is 0 Å². The number of halogens is 3. The number of benzene rings is 1. The number of alkyl halides is 3. The van der Waals surface area contributed by atoms with Crippen molar-refractivity contribution in [1.29, 1.82) is 0 Å². The van der Waals surface area contributed by atoms with Gasteiger partial charge in [0.2, 0.25) is 0 Å². The number of hydrogen-bond donors (Lipinski definition) is 0. The van der Waals surface area contributed by atoms with Crippen molar-refractivity contribution < 1.29 is 18.0 Å². The molecular formula is C15H12F3N3OS. The number of likely N-dealkylation sites (N-methyl/N-ethyl adjacent to an activating group) is 1. The predicted octanol–water partition coefficient (Wildman–Crippen LogP) is 3.74. The molecule has 120 valence electrons. The zero-order valence-electron chi connectivity index (χ0n) is 12.1. The first-order chi connectivity index (χ1) is 10.7. The molecule has 0 N–H and O–H groups in total. The lowest BCUT2D eigenvalue weighted by Crippen LogP contribution is -2.53. The lowest BCUT2D eigenvalue weighted by Gasteiger charge is -2.41. The molecule has 0 atom stereocenters. The summed E-state index contributed by atoms with van der Waals surface area (Å²) in [7, 11) is 1.69. The van der Waals surface area contributed by atoms with Crippen LogP contribution in [0.1, 0.15) is 24.8 Å². The van der Waals surface area contributed by atoms with Crippen molar-refractivity contribution in [2.75, 3.05) is 11.9 Å². The third-order valence-corrected chi connectivity index (χ3v) is 5.02. The highest BCUT2D eigenvalue weighted by Gasteiger charge is 2.57. The molecule has 2 fully saturated rings. The number of thiocarbonyl (C=S) groups is 1. The topological polar surface area (TPSA) is 27.9 Å². The molecule has 8 heteroatoms. The minimum Gasteiger partial charge on any atom is -0.337 e. The van der Waals surface area contributed by atoms with Crippen LogP contribution in [0, 0.1) is 6.57 Å². The molecule has 4 nitrogen and oxygen atoms in total. The number of nitrogens with zero attached hydrogens (tertiary/aromatic N) is 3. The summed E-state index contributed by atoms with van der Waals surface area (Å²) in [4.78, 5) is 18.4. The number of carbonyl (C=O) groups excluding carboxylic acids is 1. The van der Waals surface area contributed by atoms with Gasteiger partial charge in [0.15, 0.2) is 10.8 Å². The summed E-state index contributed by atoms with van der Waals surface area (Å²) in [5.41, 5.74) is -2.22. The standard InChI is InChI=1S/C15H12F3N3OS/c1-19-11-5-4-9(8-10(11)15(16,17)18)21-12(22)14(6-3-7-14)20(2)13(21)23/h4-5,8H,3,6-7H2,2H3. The second-order valence-corrected chi connectivity index (χ2v) is 6.04. The first-order valence-corrected chi connectivity index (χ1v) is 7.34. The third-order valence-electron chi connectivity index (χ3n) is 4.57. The van der Waals surface area contributed by atoms with Crippen LogP contribution in [-0.4, -0.2) is 28.5 Å². The van der Waals surface area contributed by atoms with Gasteiger partial charge in [-0.1, -0.05) is 6.07 Å². The van der Waals surface area contributed by atoms with E-state index in [-0.39, 0.29) is 16.7 Å². The normalized spacial score (nSPS) is 20.0. The molecule has 0 radical (unpaired) electrons. The second kappa shape index (κ2) is 4.93. The fourth-order valence-corrected chi connectivity index (χ4v) is 3.41. The first kappa shape index (κ1) is 15.7. The number of amides is 1. The Bertz CT molecular complexity index is 749. The van der Waals surface area contributed by atoms with Gasteiger partial charge in [0.05, 0.1) is 12.1 Å². The molecule has 0 unspecified atom stereocenters. The zero-order valence-corrected chi connectivity index (χ0v) is 13.0. The Morgan fingerprint density at radius 2 is 2.00 bits per heavy atom. The molecule has 2 aliphatic rings. The van der Waals surface area contributed by atoms with Crippen LogP contribution in [-0.2, 0) is 11.0 Å². The minimum atomic E-state index is -4.67. The molecule has 1 spiro atoms. The fraction of sp³-hybridized carbons (Fsp3) is 0.400. The van der Waals surface area contributed by atoms with Crippen LogP contribution >= 0.6 is 12.2 Å². The average molecular weight is 339 g/mol. The quantitative estimate of drug-likeness (QED) is 0.576. The Hall–Kier alpha value is -2.14. The van der Waals surface area contributed by atoms with Crippen molar-refractivity contribution in [3.05, 3.63) is 35.2 Å². The molecule has 1 heterocycles. The van der Waals surface area contributed by atoms with Gasteiger partial charge in [-0.05, 0) is 43.6 Å². The largest absolute Gasteiger partial charge is 0.407 e. The Balaban J connectivity index is 2.08. The molecule has 3 rings (SSSR count). The van der Waals surface area contributed by atoms with Gasteiger partial charge in [-0.25, -0.2) is 4.85 Å². The molecule has 23 heavy (non-hydrogen) atoms. The van der Waals surface area contributed by atoms with Gasteiger partial charge in [0, 0.05) is 12.7 Å². The van der Waals surface area contributed by atoms with E-state index in [2.05, 4.69) is 4.85 Å². The lowest BCUT2D eigenvalue weighted by atomic mass is 9.76. The van der Waals surface area contributed by atoms with Crippen molar-refractivity contribution in [3.8, 4) is 0 Å². The molecule has 1 aliphatic heterocycles. The molecular weight excluding hydrogens is 327 g/mol. The van der Waals surface area contributed by atoms with Crippen LogP contribution in [0.15, 0.2) is 18.2 Å². The summed E-state index contributed by atoms with van der Waals surface area (Å²) in [6.07, 6.45) is -2.49. The van der Waals surface area contributed by atoms with E-state index in [4.69, 9.17) is 18.8 Å². The van der Waals surface area contributed by atoms with Gasteiger partial charge >= 0.3 is 6.18 Å². The summed E-state index contributed by atoms with van der Waals surface area (Å²) >= 11 is 5.26. The van der Waals surface area contributed by atoms with Crippen molar-refractivity contribution in [2.45, 2.75) is 31.0 Å². The van der Waals surface area contributed by atoms with Crippen LogP contribution < -0.4 is 4.90 Å². The monoisotopic (exact) mass is 339 g/mol. The van der Waals surface area contributed by atoms with E-state index in [1.54, 1.807) is 11.9 Å². The summed E-state index contributed by atoms with van der Waals surface area (Å²) in [6, 6.07) is 3.23. The number of hydrogen-bond acceptors (Lipinski definition) is 2. The summed E-state index contributed by atoms with van der Waals surface area (Å²) in [5, 5.41) is 0.193. The first-order valence-electron chi connectivity index (χ1n) is 6.93. The Labute approximate surface area is 136 Å². The van der Waals surface area contributed by atoms with E-state index < -0.39 is 23.0 Å². The Morgan fingerprint density at radius 1 is 1.35 bits per heavy atom. The predicted molar refractivity (Wildman–Crippen MR) is 82.1 cm³/mol. The lowest BCUT2D eigenvalue weighted by molar-refractivity contribution is -0.137. The van der Waals surface area contributed by atoms with Gasteiger partial charge in [0.1, 0.15) is 5.54 Å². The SMILES string of the molecule is [C-]#[N+]c1ccc(N2C(=O)C3(CCC3)N(C)C2=S)cc1C(F)(F)F. The number of rotatable bonds is 1. The number of carbonyl (C=O) groups is 1. The molecule has 1 saturated heterocycles. The molecule has 0 bridgehead atoms. The van der Waals surface area contributed by atoms with E-state index in [0.717, 1.165) is 23.5 Å². The zero-order chi connectivity index (χ0) is 17.0. The van der Waals surface area contributed by atoms with Gasteiger partial charge in [-0.2, -0.15) is 13.2 Å². The van der Waals surface area contributed by atoms with Gasteiger partial charge in [-0.15, -0.1) is 0 Å². The Kier molecular flexibility index (Phi) is 3.37. The van der Waals surface area contributed by atoms with Crippen molar-refractivity contribution in [2.24, 2.45) is 0 Å². The second-order valence-electron chi connectivity index (χ2n) is 5.68. The maximum atomic E-state index is 13.1. The molecule has 0 aromatic heterocycles. The van der Waals surface area contributed by atoms with Crippen LogP contribution in [0.3, 0.4) is 0 Å². The van der Waals surface area contributed by atoms with E-state index in [0.29, 0.717) is 12.8 Å². The van der Waals surface area contributed by atoms with Gasteiger partial charge in [-0.3, -0.25) is 9.69 Å². The maximum absolute atomic E-state index is 13.1. The highest BCUT2D eigenvalue weighted by atomic mass is 32.1. The molecule has 1 aliphatic carbocycles. The highest BCUT2D eigenvalue weighted by Crippen LogP contribution is 2.46. The molecule has 1 aromatic rings. The smallest absolute Gasteiger partial charge is 0.337 e. The van der Waals surface area contributed by atoms with Crippen LogP contribution in [0.5, 0.6) is 0 Å².